The van der Waals surface area contributed by atoms with Gasteiger partial charge < -0.3 is 12.4 Å². The van der Waals surface area contributed by atoms with Gasteiger partial charge in [0.2, 0.25) is 0 Å². The first-order valence-corrected chi connectivity index (χ1v) is 6.26. The summed E-state index contributed by atoms with van der Waals surface area (Å²) in [5.41, 5.74) is 2.80. The second-order valence-electron chi connectivity index (χ2n) is 3.46. The quantitative estimate of drug-likeness (QED) is 0.609. The van der Waals surface area contributed by atoms with Crippen LogP contribution in [-0.2, 0) is 11.5 Å². The zero-order chi connectivity index (χ0) is 10.3. The minimum absolute atomic E-state index is 0. The Morgan fingerprint density at radius 1 is 0.647 bits per heavy atom. The molecule has 0 unspecified atom stereocenters. The Balaban J connectivity index is 0.00000128. The fourth-order valence-electron chi connectivity index (χ4n) is 1.44. The molecule has 0 N–H and O–H groups in total. The third kappa shape index (κ3) is 6.45. The molecule has 0 saturated heterocycles. The molecule has 2 rings (SSSR count). The van der Waals surface area contributed by atoms with Gasteiger partial charge in [0, 0.05) is 11.5 Å². The van der Waals surface area contributed by atoms with Crippen LogP contribution in [0.4, 0.5) is 0 Å². The maximum atomic E-state index is 2.18. The maximum absolute atomic E-state index is 2.18. The average Bonchev–Trinajstić information content (AvgIpc) is 2.32. The number of benzene rings is 2. The van der Waals surface area contributed by atoms with Gasteiger partial charge in [-0.1, -0.05) is 60.7 Å². The standard InChI is InChI=1S/C14H14S.Bi.ClH/c1-3-7-13(8-4-1)11-15-12-14-9-5-2-6-10-14;;/h1-10H,11-12H2;;1H/q;+3;/p-1. The molecular formula is C14H14BiClS+2. The Morgan fingerprint density at radius 2 is 1.00 bits per heavy atom. The number of thioether (sulfide) groups is 1. The molecule has 0 bridgehead atoms. The molecule has 0 aliphatic rings. The Morgan fingerprint density at radius 3 is 1.35 bits per heavy atom. The third-order valence-corrected chi connectivity index (χ3v) is 3.30. The van der Waals surface area contributed by atoms with E-state index in [1.54, 1.807) is 0 Å². The molecule has 2 radical (unpaired) electrons. The minimum Gasteiger partial charge on any atom is -1.00 e. The maximum Gasteiger partial charge on any atom is 3.00 e. The summed E-state index contributed by atoms with van der Waals surface area (Å²) in [5.74, 6) is 2.19. The Kier molecular flexibility index (Phi) is 9.92. The smallest absolute Gasteiger partial charge is 1.00 e. The minimum atomic E-state index is 0. The molecule has 0 aliphatic carbocycles. The van der Waals surface area contributed by atoms with Gasteiger partial charge in [0.25, 0.3) is 0 Å². The van der Waals surface area contributed by atoms with Crippen LogP contribution in [0.3, 0.4) is 0 Å². The van der Waals surface area contributed by atoms with E-state index in [0.29, 0.717) is 0 Å². The van der Waals surface area contributed by atoms with Crippen LogP contribution in [0.2, 0.25) is 0 Å². The normalized spacial score (nSPS) is 8.94. The molecule has 0 aromatic heterocycles. The van der Waals surface area contributed by atoms with Crippen LogP contribution >= 0.6 is 11.8 Å². The van der Waals surface area contributed by atoms with Crippen LogP contribution in [-0.4, -0.2) is 26.2 Å². The van der Waals surface area contributed by atoms with Gasteiger partial charge in [-0.2, -0.15) is 11.8 Å². The monoisotopic (exact) mass is 458 g/mol. The van der Waals surface area contributed by atoms with Gasteiger partial charge in [-0.3, -0.25) is 0 Å². The zero-order valence-electron chi connectivity index (χ0n) is 9.42. The van der Waals surface area contributed by atoms with E-state index < -0.39 is 0 Å². The van der Waals surface area contributed by atoms with E-state index in [2.05, 4.69) is 60.7 Å². The number of halogens is 1. The van der Waals surface area contributed by atoms with Gasteiger partial charge in [-0.15, -0.1) is 0 Å². The van der Waals surface area contributed by atoms with Gasteiger partial charge in [0.15, 0.2) is 0 Å². The summed E-state index contributed by atoms with van der Waals surface area (Å²) < 4.78 is 0. The summed E-state index contributed by atoms with van der Waals surface area (Å²) in [6, 6.07) is 21.2. The van der Waals surface area contributed by atoms with Crippen LogP contribution in [0.5, 0.6) is 0 Å². The molecule has 0 amide bonds. The summed E-state index contributed by atoms with van der Waals surface area (Å²) in [6.45, 7) is 0. The molecule has 2 aromatic rings. The van der Waals surface area contributed by atoms with E-state index in [1.165, 1.54) is 11.1 Å². The molecule has 2 aromatic carbocycles. The van der Waals surface area contributed by atoms with Crippen molar-refractivity contribution in [3.8, 4) is 0 Å². The topological polar surface area (TPSA) is 0 Å². The van der Waals surface area contributed by atoms with Crippen molar-refractivity contribution in [1.82, 2.24) is 0 Å². The summed E-state index contributed by atoms with van der Waals surface area (Å²) in [4.78, 5) is 0. The van der Waals surface area contributed by atoms with E-state index in [1.807, 2.05) is 11.8 Å². The fourth-order valence-corrected chi connectivity index (χ4v) is 2.39. The SMILES string of the molecule is [Bi+3].[Cl-].c1ccc(CSCc2ccccc2)cc1. The van der Waals surface area contributed by atoms with E-state index in [-0.39, 0.29) is 38.6 Å². The molecule has 0 atom stereocenters. The molecule has 0 heterocycles. The second kappa shape index (κ2) is 9.94. The molecule has 3 heteroatoms. The van der Waals surface area contributed by atoms with Crippen LogP contribution in [0, 0.1) is 0 Å². The van der Waals surface area contributed by atoms with Crippen molar-refractivity contribution in [2.45, 2.75) is 11.5 Å². The molecule has 0 saturated carbocycles. The van der Waals surface area contributed by atoms with E-state index in [4.69, 9.17) is 0 Å². The van der Waals surface area contributed by atoms with Gasteiger partial charge in [-0.05, 0) is 11.1 Å². The molecule has 0 aliphatic heterocycles. The third-order valence-electron chi connectivity index (χ3n) is 2.22. The van der Waals surface area contributed by atoms with Crippen LogP contribution in [0.15, 0.2) is 60.7 Å². The average molecular weight is 459 g/mol. The van der Waals surface area contributed by atoms with Gasteiger partial charge in [0.05, 0.1) is 0 Å². The number of hydrogen-bond acceptors (Lipinski definition) is 1. The first kappa shape index (κ1) is 17.0. The Labute approximate surface area is 133 Å². The van der Waals surface area contributed by atoms with Crippen LogP contribution < -0.4 is 12.4 Å². The van der Waals surface area contributed by atoms with E-state index in [0.717, 1.165) is 11.5 Å². The Bertz CT molecular complexity index is 352. The summed E-state index contributed by atoms with van der Waals surface area (Å²) in [5, 5.41) is 0. The fraction of sp³-hybridized carbons (Fsp3) is 0.143. The van der Waals surface area contributed by atoms with Crippen LogP contribution in [0.1, 0.15) is 11.1 Å². The molecule has 17 heavy (non-hydrogen) atoms. The molecule has 0 nitrogen and oxygen atoms in total. The number of hydrogen-bond donors (Lipinski definition) is 0. The predicted octanol–water partition coefficient (Wildman–Crippen LogP) is 0.743. The zero-order valence-corrected chi connectivity index (χ0v) is 14.5. The van der Waals surface area contributed by atoms with Gasteiger partial charge >= 0.3 is 26.2 Å². The first-order valence-electron chi connectivity index (χ1n) is 5.11. The summed E-state index contributed by atoms with van der Waals surface area (Å²) >= 11 is 1.96. The van der Waals surface area contributed by atoms with Crippen molar-refractivity contribution in [1.29, 1.82) is 0 Å². The molecule has 86 valence electrons. The largest absolute Gasteiger partial charge is 3.00 e. The Hall–Kier alpha value is -0.0369. The van der Waals surface area contributed by atoms with Crippen molar-refractivity contribution in [2.24, 2.45) is 0 Å². The summed E-state index contributed by atoms with van der Waals surface area (Å²) in [7, 11) is 0. The van der Waals surface area contributed by atoms with Crippen LogP contribution in [0.25, 0.3) is 0 Å². The van der Waals surface area contributed by atoms with Gasteiger partial charge in [-0.25, -0.2) is 0 Å². The van der Waals surface area contributed by atoms with E-state index in [9.17, 15) is 0 Å². The van der Waals surface area contributed by atoms with Crippen molar-refractivity contribution >= 4 is 38.0 Å². The first-order chi connectivity index (χ1) is 7.45. The number of rotatable bonds is 4. The van der Waals surface area contributed by atoms with Crippen molar-refractivity contribution in [3.63, 3.8) is 0 Å². The summed E-state index contributed by atoms with van der Waals surface area (Å²) in [6.07, 6.45) is 0. The molecular weight excluding hydrogens is 445 g/mol. The molecule has 0 spiro atoms. The molecule has 0 fully saturated rings. The predicted molar refractivity (Wildman–Crippen MR) is 73.6 cm³/mol. The van der Waals surface area contributed by atoms with E-state index >= 15 is 0 Å². The van der Waals surface area contributed by atoms with Crippen molar-refractivity contribution in [3.05, 3.63) is 71.8 Å². The van der Waals surface area contributed by atoms with Gasteiger partial charge in [0.1, 0.15) is 0 Å². The van der Waals surface area contributed by atoms with Crippen molar-refractivity contribution in [2.75, 3.05) is 0 Å². The van der Waals surface area contributed by atoms with Crippen molar-refractivity contribution < 1.29 is 12.4 Å². The second-order valence-corrected chi connectivity index (χ2v) is 4.45.